The van der Waals surface area contributed by atoms with Gasteiger partial charge in [0.1, 0.15) is 0 Å². The minimum absolute atomic E-state index is 0. The summed E-state index contributed by atoms with van der Waals surface area (Å²) in [6, 6.07) is 0.523. The Kier molecular flexibility index (Phi) is 6.33. The standard InChI is InChI=1S/C15H27N3O3S.ClH/c16-13-9-11-3-1-4-12(10-13)15(11)17-14(19)5-7-18-6-2-8-22(18,20)21;/h11-13,15H,1-10,16H2,(H,17,19);1H. The molecule has 3 aliphatic rings. The highest BCUT2D eigenvalue weighted by atomic mass is 35.5. The van der Waals surface area contributed by atoms with Crippen molar-refractivity contribution in [2.45, 2.75) is 57.0 Å². The molecule has 23 heavy (non-hydrogen) atoms. The molecule has 2 bridgehead atoms. The van der Waals surface area contributed by atoms with E-state index >= 15 is 0 Å². The second kappa shape index (κ2) is 7.68. The summed E-state index contributed by atoms with van der Waals surface area (Å²) in [5.74, 6) is 1.21. The van der Waals surface area contributed by atoms with Crippen molar-refractivity contribution in [2.75, 3.05) is 18.8 Å². The normalized spacial score (nSPS) is 36.2. The highest BCUT2D eigenvalue weighted by Crippen LogP contribution is 2.39. The third kappa shape index (κ3) is 4.38. The molecule has 0 spiro atoms. The lowest BCUT2D eigenvalue weighted by Gasteiger charge is -2.45. The number of hydrogen-bond donors (Lipinski definition) is 2. The first kappa shape index (κ1) is 19.0. The molecule has 2 aliphatic carbocycles. The Hall–Kier alpha value is -0.370. The van der Waals surface area contributed by atoms with Crippen molar-refractivity contribution in [1.29, 1.82) is 0 Å². The van der Waals surface area contributed by atoms with Crippen LogP contribution in [0.4, 0.5) is 0 Å². The van der Waals surface area contributed by atoms with Gasteiger partial charge in [0.05, 0.1) is 5.75 Å². The predicted octanol–water partition coefficient (Wildman–Crippen LogP) is 0.856. The summed E-state index contributed by atoms with van der Waals surface area (Å²) >= 11 is 0. The molecule has 1 aliphatic heterocycles. The van der Waals surface area contributed by atoms with Crippen LogP contribution in [0.25, 0.3) is 0 Å². The fourth-order valence-corrected chi connectivity index (χ4v) is 5.98. The summed E-state index contributed by atoms with van der Waals surface area (Å²) in [5.41, 5.74) is 6.10. The van der Waals surface area contributed by atoms with Gasteiger partial charge in [0.15, 0.2) is 0 Å². The number of nitrogens with one attached hydrogen (secondary N) is 1. The van der Waals surface area contributed by atoms with E-state index in [1.807, 2.05) is 0 Å². The number of carbonyl (C=O) groups excluding carboxylic acids is 1. The monoisotopic (exact) mass is 365 g/mol. The van der Waals surface area contributed by atoms with Gasteiger partial charge in [-0.15, -0.1) is 12.4 Å². The third-order valence-electron chi connectivity index (χ3n) is 5.50. The van der Waals surface area contributed by atoms with E-state index in [0.717, 1.165) is 25.7 Å². The molecule has 134 valence electrons. The van der Waals surface area contributed by atoms with Crippen molar-refractivity contribution in [3.8, 4) is 0 Å². The zero-order valence-corrected chi connectivity index (χ0v) is 15.1. The van der Waals surface area contributed by atoms with Gasteiger partial charge in [-0.05, 0) is 43.9 Å². The van der Waals surface area contributed by atoms with E-state index in [1.165, 1.54) is 10.7 Å². The third-order valence-corrected chi connectivity index (χ3v) is 7.45. The van der Waals surface area contributed by atoms with Gasteiger partial charge >= 0.3 is 0 Å². The SMILES string of the molecule is Cl.NC1CC2CCCC(C1)C2NC(=O)CCN1CCCS1(=O)=O. The van der Waals surface area contributed by atoms with Crippen LogP contribution in [-0.2, 0) is 14.8 Å². The number of rotatable bonds is 4. The van der Waals surface area contributed by atoms with Gasteiger partial charge in [0, 0.05) is 31.6 Å². The average molecular weight is 366 g/mol. The molecule has 2 unspecified atom stereocenters. The first-order valence-corrected chi connectivity index (χ1v) is 10.1. The van der Waals surface area contributed by atoms with E-state index in [1.54, 1.807) is 0 Å². The summed E-state index contributed by atoms with van der Waals surface area (Å²) in [4.78, 5) is 12.2. The van der Waals surface area contributed by atoms with Crippen molar-refractivity contribution in [3.05, 3.63) is 0 Å². The van der Waals surface area contributed by atoms with Crippen molar-refractivity contribution in [2.24, 2.45) is 17.6 Å². The highest BCUT2D eigenvalue weighted by molar-refractivity contribution is 7.89. The second-order valence-electron chi connectivity index (χ2n) is 7.09. The molecule has 0 aromatic rings. The van der Waals surface area contributed by atoms with Crippen LogP contribution in [0, 0.1) is 11.8 Å². The van der Waals surface area contributed by atoms with Gasteiger partial charge in [-0.3, -0.25) is 4.79 Å². The summed E-state index contributed by atoms with van der Waals surface area (Å²) in [6.45, 7) is 0.870. The van der Waals surface area contributed by atoms with Gasteiger partial charge in [-0.25, -0.2) is 12.7 Å². The quantitative estimate of drug-likeness (QED) is 0.772. The minimum atomic E-state index is -3.10. The van der Waals surface area contributed by atoms with Crippen LogP contribution in [0.5, 0.6) is 0 Å². The second-order valence-corrected chi connectivity index (χ2v) is 9.18. The van der Waals surface area contributed by atoms with Crippen molar-refractivity contribution >= 4 is 28.3 Å². The molecule has 1 heterocycles. The Morgan fingerprint density at radius 2 is 1.83 bits per heavy atom. The Balaban J connectivity index is 0.00000192. The van der Waals surface area contributed by atoms with E-state index in [2.05, 4.69) is 5.32 Å². The number of nitrogens with zero attached hydrogens (tertiary/aromatic N) is 1. The van der Waals surface area contributed by atoms with Gasteiger partial charge in [0.2, 0.25) is 15.9 Å². The highest BCUT2D eigenvalue weighted by Gasteiger charge is 2.40. The first-order valence-electron chi connectivity index (χ1n) is 8.48. The molecule has 8 heteroatoms. The predicted molar refractivity (Wildman–Crippen MR) is 91.8 cm³/mol. The van der Waals surface area contributed by atoms with Crippen molar-refractivity contribution < 1.29 is 13.2 Å². The van der Waals surface area contributed by atoms with Crippen LogP contribution in [-0.4, -0.2) is 49.6 Å². The Bertz CT molecular complexity index is 514. The van der Waals surface area contributed by atoms with Crippen LogP contribution in [0.3, 0.4) is 0 Å². The summed E-state index contributed by atoms with van der Waals surface area (Å²) in [6.07, 6.45) is 6.48. The van der Waals surface area contributed by atoms with Crippen molar-refractivity contribution in [3.63, 3.8) is 0 Å². The maximum absolute atomic E-state index is 12.2. The van der Waals surface area contributed by atoms with Crippen LogP contribution < -0.4 is 11.1 Å². The lowest BCUT2D eigenvalue weighted by Crippen LogP contribution is -2.54. The first-order chi connectivity index (χ1) is 10.5. The summed E-state index contributed by atoms with van der Waals surface area (Å²) < 4.78 is 24.9. The maximum atomic E-state index is 12.2. The van der Waals surface area contributed by atoms with Crippen LogP contribution in [0.15, 0.2) is 0 Å². The van der Waals surface area contributed by atoms with Gasteiger partial charge in [-0.1, -0.05) is 6.42 Å². The Morgan fingerprint density at radius 1 is 1.17 bits per heavy atom. The molecule has 3 fully saturated rings. The van der Waals surface area contributed by atoms with Crippen LogP contribution >= 0.6 is 12.4 Å². The fourth-order valence-electron chi connectivity index (χ4n) is 4.45. The fraction of sp³-hybridized carbons (Fsp3) is 0.933. The number of hydrogen-bond acceptors (Lipinski definition) is 4. The number of halogens is 1. The minimum Gasteiger partial charge on any atom is -0.353 e. The molecule has 2 saturated carbocycles. The molecule has 1 amide bonds. The lowest BCUT2D eigenvalue weighted by atomic mass is 9.67. The average Bonchev–Trinajstić information content (AvgIpc) is 2.76. The molecule has 2 atom stereocenters. The van der Waals surface area contributed by atoms with E-state index in [9.17, 15) is 13.2 Å². The molecule has 0 radical (unpaired) electrons. The molecule has 6 nitrogen and oxygen atoms in total. The molecule has 1 saturated heterocycles. The molecular weight excluding hydrogens is 338 g/mol. The number of sulfonamides is 1. The van der Waals surface area contributed by atoms with E-state index in [-0.39, 0.29) is 42.6 Å². The maximum Gasteiger partial charge on any atom is 0.221 e. The van der Waals surface area contributed by atoms with Gasteiger partial charge in [0.25, 0.3) is 0 Å². The number of carbonyl (C=O) groups is 1. The largest absolute Gasteiger partial charge is 0.353 e. The molecule has 0 aromatic heterocycles. The van der Waals surface area contributed by atoms with E-state index in [4.69, 9.17) is 5.73 Å². The number of fused-ring (bicyclic) bond motifs is 2. The zero-order valence-electron chi connectivity index (χ0n) is 13.4. The van der Waals surface area contributed by atoms with E-state index in [0.29, 0.717) is 31.3 Å². The lowest BCUT2D eigenvalue weighted by molar-refractivity contribution is -0.123. The van der Waals surface area contributed by atoms with Gasteiger partial charge in [-0.2, -0.15) is 0 Å². The smallest absolute Gasteiger partial charge is 0.221 e. The van der Waals surface area contributed by atoms with E-state index < -0.39 is 10.0 Å². The molecule has 3 N–H and O–H groups in total. The summed E-state index contributed by atoms with van der Waals surface area (Å²) in [7, 11) is -3.10. The van der Waals surface area contributed by atoms with Gasteiger partial charge < -0.3 is 11.1 Å². The van der Waals surface area contributed by atoms with Crippen LogP contribution in [0.1, 0.15) is 44.9 Å². The molecular formula is C15H28ClN3O3S. The van der Waals surface area contributed by atoms with Crippen molar-refractivity contribution in [1.82, 2.24) is 9.62 Å². The number of nitrogens with two attached hydrogens (primary N) is 1. The molecule has 3 rings (SSSR count). The zero-order chi connectivity index (χ0) is 15.7. The van der Waals surface area contributed by atoms with Crippen LogP contribution in [0.2, 0.25) is 0 Å². The summed E-state index contributed by atoms with van der Waals surface area (Å²) in [5, 5.41) is 3.18. The Labute approximate surface area is 145 Å². The molecule has 0 aromatic carbocycles. The topological polar surface area (TPSA) is 92.5 Å². The Morgan fingerprint density at radius 3 is 2.39 bits per heavy atom. The number of amides is 1.